The van der Waals surface area contributed by atoms with E-state index in [1.165, 1.54) is 12.8 Å². The normalized spacial score (nSPS) is 14.4. The van der Waals surface area contributed by atoms with E-state index in [4.69, 9.17) is 10.3 Å². The largest absolute Gasteiger partial charge is 0.467 e. The van der Waals surface area contributed by atoms with Gasteiger partial charge in [-0.1, -0.05) is 0 Å². The maximum absolute atomic E-state index is 5.44. The van der Waals surface area contributed by atoms with Crippen molar-refractivity contribution in [3.8, 4) is 0 Å². The summed E-state index contributed by atoms with van der Waals surface area (Å²) < 4.78 is 5.42. The molecule has 3 N–H and O–H groups in total. The number of aromatic nitrogens is 2. The van der Waals surface area contributed by atoms with Crippen LogP contribution in [0.15, 0.2) is 28.9 Å². The second-order valence-corrected chi connectivity index (χ2v) is 4.74. The van der Waals surface area contributed by atoms with Gasteiger partial charge >= 0.3 is 0 Å². The van der Waals surface area contributed by atoms with E-state index in [2.05, 4.69) is 20.3 Å². The highest BCUT2D eigenvalue weighted by atomic mass is 16.3. The van der Waals surface area contributed by atoms with Crippen molar-refractivity contribution in [2.75, 3.05) is 10.3 Å². The lowest BCUT2D eigenvalue weighted by Crippen LogP contribution is -2.26. The van der Waals surface area contributed by atoms with Crippen molar-refractivity contribution in [2.24, 2.45) is 5.84 Å². The molecule has 0 unspecified atom stereocenters. The van der Waals surface area contributed by atoms with E-state index in [1.807, 2.05) is 25.1 Å². The van der Waals surface area contributed by atoms with Gasteiger partial charge in [0.1, 0.15) is 23.2 Å². The Morgan fingerprint density at radius 3 is 2.95 bits per heavy atom. The third-order valence-electron chi connectivity index (χ3n) is 3.16. The fourth-order valence-electron chi connectivity index (χ4n) is 2.13. The number of nitrogens with zero attached hydrogens (tertiary/aromatic N) is 3. The van der Waals surface area contributed by atoms with E-state index in [9.17, 15) is 0 Å². The van der Waals surface area contributed by atoms with Crippen LogP contribution in [-0.2, 0) is 6.54 Å². The van der Waals surface area contributed by atoms with Crippen LogP contribution in [0.3, 0.4) is 0 Å². The maximum atomic E-state index is 5.44. The van der Waals surface area contributed by atoms with Crippen LogP contribution in [0.1, 0.15) is 24.4 Å². The molecule has 100 valence electrons. The van der Waals surface area contributed by atoms with Crippen molar-refractivity contribution in [3.63, 3.8) is 0 Å². The molecule has 0 amide bonds. The van der Waals surface area contributed by atoms with Gasteiger partial charge in [-0.15, -0.1) is 0 Å². The highest BCUT2D eigenvalue weighted by Gasteiger charge is 2.31. The lowest BCUT2D eigenvalue weighted by Gasteiger charge is -2.23. The molecule has 6 nitrogen and oxygen atoms in total. The number of rotatable bonds is 5. The maximum Gasteiger partial charge on any atom is 0.145 e. The van der Waals surface area contributed by atoms with Gasteiger partial charge in [0.15, 0.2) is 0 Å². The number of hydrogen-bond donors (Lipinski definition) is 2. The summed E-state index contributed by atoms with van der Waals surface area (Å²) in [6, 6.07) is 6.28. The number of anilines is 2. The summed E-state index contributed by atoms with van der Waals surface area (Å²) in [5.74, 6) is 8.60. The molecule has 0 radical (unpaired) electrons. The monoisotopic (exact) mass is 259 g/mol. The van der Waals surface area contributed by atoms with Gasteiger partial charge < -0.3 is 14.7 Å². The Bertz CT molecular complexity index is 550. The molecule has 0 aliphatic heterocycles. The molecule has 0 saturated heterocycles. The Hall–Kier alpha value is -2.08. The summed E-state index contributed by atoms with van der Waals surface area (Å²) in [7, 11) is 0. The van der Waals surface area contributed by atoms with Crippen LogP contribution in [0.25, 0.3) is 0 Å². The zero-order chi connectivity index (χ0) is 13.2. The van der Waals surface area contributed by atoms with Gasteiger partial charge in [0.2, 0.25) is 0 Å². The molecule has 0 aromatic carbocycles. The van der Waals surface area contributed by atoms with Gasteiger partial charge in [-0.25, -0.2) is 15.8 Å². The second-order valence-electron chi connectivity index (χ2n) is 4.74. The minimum atomic E-state index is 0.532. The average molecular weight is 259 g/mol. The average Bonchev–Trinajstić information content (AvgIpc) is 3.12. The molecule has 0 spiro atoms. The first-order chi connectivity index (χ1) is 9.26. The lowest BCUT2D eigenvalue weighted by molar-refractivity contribution is 0.500. The van der Waals surface area contributed by atoms with Crippen LogP contribution in [0.4, 0.5) is 11.6 Å². The van der Waals surface area contributed by atoms with E-state index >= 15 is 0 Å². The zero-order valence-corrected chi connectivity index (χ0v) is 10.8. The summed E-state index contributed by atoms with van der Waals surface area (Å²) in [4.78, 5) is 11.0. The van der Waals surface area contributed by atoms with Crippen molar-refractivity contribution in [1.82, 2.24) is 9.97 Å². The molecule has 0 atom stereocenters. The Labute approximate surface area is 111 Å². The van der Waals surface area contributed by atoms with Crippen LogP contribution in [0.5, 0.6) is 0 Å². The number of hydrazine groups is 1. The van der Waals surface area contributed by atoms with E-state index < -0.39 is 0 Å². The van der Waals surface area contributed by atoms with Crippen LogP contribution in [-0.4, -0.2) is 16.0 Å². The molecular weight excluding hydrogens is 242 g/mol. The van der Waals surface area contributed by atoms with Gasteiger partial charge in [0.25, 0.3) is 0 Å². The van der Waals surface area contributed by atoms with Gasteiger partial charge in [0.05, 0.1) is 12.8 Å². The standard InChI is InChI=1S/C13H17N5O/c1-9-15-12(17-14)7-13(16-9)18(10-4-5-10)8-11-3-2-6-19-11/h2-3,6-7,10H,4-5,8,14H2,1H3,(H,15,16,17). The number of nitrogens with one attached hydrogen (secondary N) is 1. The van der Waals surface area contributed by atoms with E-state index in [0.717, 1.165) is 18.1 Å². The molecule has 0 bridgehead atoms. The van der Waals surface area contributed by atoms with Gasteiger partial charge in [-0.3, -0.25) is 0 Å². The summed E-state index contributed by atoms with van der Waals surface area (Å²) in [5.41, 5.74) is 2.58. The lowest BCUT2D eigenvalue weighted by atomic mass is 10.3. The summed E-state index contributed by atoms with van der Waals surface area (Å²) >= 11 is 0. The fourth-order valence-corrected chi connectivity index (χ4v) is 2.13. The fraction of sp³-hybridized carbons (Fsp3) is 0.385. The molecule has 1 saturated carbocycles. The Morgan fingerprint density at radius 1 is 1.47 bits per heavy atom. The second kappa shape index (κ2) is 4.89. The molecule has 6 heteroatoms. The summed E-state index contributed by atoms with van der Waals surface area (Å²) in [5, 5.41) is 0. The third-order valence-corrected chi connectivity index (χ3v) is 3.16. The van der Waals surface area contributed by atoms with E-state index in [-0.39, 0.29) is 0 Å². The van der Waals surface area contributed by atoms with E-state index in [1.54, 1.807) is 6.26 Å². The minimum Gasteiger partial charge on any atom is -0.467 e. The third kappa shape index (κ3) is 2.68. The molecule has 1 fully saturated rings. The van der Waals surface area contributed by atoms with Gasteiger partial charge in [-0.2, -0.15) is 0 Å². The number of aryl methyl sites for hydroxylation is 1. The van der Waals surface area contributed by atoms with Gasteiger partial charge in [0, 0.05) is 12.1 Å². The van der Waals surface area contributed by atoms with Crippen molar-refractivity contribution < 1.29 is 4.42 Å². The number of nitrogen functional groups attached to an aromatic ring is 1. The highest BCUT2D eigenvalue weighted by Crippen LogP contribution is 2.32. The predicted molar refractivity (Wildman–Crippen MR) is 72.5 cm³/mol. The van der Waals surface area contributed by atoms with Crippen LogP contribution in [0, 0.1) is 6.92 Å². The molecule has 19 heavy (non-hydrogen) atoms. The first-order valence-corrected chi connectivity index (χ1v) is 6.37. The highest BCUT2D eigenvalue weighted by molar-refractivity contribution is 5.50. The van der Waals surface area contributed by atoms with Crippen LogP contribution < -0.4 is 16.2 Å². The molecule has 2 aromatic rings. The van der Waals surface area contributed by atoms with Crippen LogP contribution >= 0.6 is 0 Å². The molecule has 3 rings (SSSR count). The number of furan rings is 1. The Kier molecular flexibility index (Phi) is 3.08. The summed E-state index contributed by atoms with van der Waals surface area (Å²) in [6.45, 7) is 2.58. The van der Waals surface area contributed by atoms with Gasteiger partial charge in [-0.05, 0) is 31.9 Å². The molecule has 1 aliphatic rings. The number of hydrogen-bond acceptors (Lipinski definition) is 6. The number of nitrogens with two attached hydrogens (primary N) is 1. The zero-order valence-electron chi connectivity index (χ0n) is 10.8. The molecule has 2 heterocycles. The van der Waals surface area contributed by atoms with Crippen molar-refractivity contribution in [1.29, 1.82) is 0 Å². The molecular formula is C13H17N5O. The van der Waals surface area contributed by atoms with E-state index in [0.29, 0.717) is 17.7 Å². The Balaban J connectivity index is 1.89. The summed E-state index contributed by atoms with van der Waals surface area (Å²) in [6.07, 6.45) is 4.07. The van der Waals surface area contributed by atoms with Crippen molar-refractivity contribution in [3.05, 3.63) is 36.0 Å². The molecule has 1 aliphatic carbocycles. The first kappa shape index (κ1) is 12.0. The Morgan fingerprint density at radius 2 is 2.32 bits per heavy atom. The first-order valence-electron chi connectivity index (χ1n) is 6.37. The minimum absolute atomic E-state index is 0.532. The van der Waals surface area contributed by atoms with Crippen molar-refractivity contribution in [2.45, 2.75) is 32.4 Å². The SMILES string of the molecule is Cc1nc(NN)cc(N(Cc2ccco2)C2CC2)n1. The quantitative estimate of drug-likeness (QED) is 0.630. The van der Waals surface area contributed by atoms with Crippen LogP contribution in [0.2, 0.25) is 0 Å². The predicted octanol–water partition coefficient (Wildman–Crippen LogP) is 1.83. The topological polar surface area (TPSA) is 80.2 Å². The van der Waals surface area contributed by atoms with Crippen molar-refractivity contribution >= 4 is 11.6 Å². The smallest absolute Gasteiger partial charge is 0.145 e. The molecule has 2 aromatic heterocycles.